The van der Waals surface area contributed by atoms with Crippen molar-refractivity contribution < 1.29 is 9.59 Å². The Bertz CT molecular complexity index is 561. The average Bonchev–Trinajstić information content (AvgIpc) is 2.55. The zero-order chi connectivity index (χ0) is 17.7. The number of carbonyl (C=O) groups excluding carboxylic acids is 2. The molecule has 4 nitrogen and oxygen atoms in total. The Kier molecular flexibility index (Phi) is 6.41. The third kappa shape index (κ3) is 4.59. The maximum Gasteiger partial charge on any atom is 0.313 e. The summed E-state index contributed by atoms with van der Waals surface area (Å²) in [5, 5.41) is 5.77. The zero-order valence-corrected chi connectivity index (χ0v) is 15.3. The number of carbonyl (C=O) groups is 2. The SMILES string of the molecule is CC(C)c1cccc(C(C)C)c1NC(=O)C(=O)NC1CCCCC1. The first-order valence-corrected chi connectivity index (χ1v) is 9.14. The highest BCUT2D eigenvalue weighted by atomic mass is 16.2. The van der Waals surface area contributed by atoms with Crippen molar-refractivity contribution in [1.29, 1.82) is 0 Å². The molecule has 132 valence electrons. The van der Waals surface area contributed by atoms with Crippen LogP contribution < -0.4 is 10.6 Å². The predicted octanol–water partition coefficient (Wildman–Crippen LogP) is 4.32. The second kappa shape index (κ2) is 8.32. The van der Waals surface area contributed by atoms with Crippen molar-refractivity contribution in [2.75, 3.05) is 5.32 Å². The minimum absolute atomic E-state index is 0.141. The van der Waals surface area contributed by atoms with Crippen LogP contribution in [-0.4, -0.2) is 17.9 Å². The van der Waals surface area contributed by atoms with E-state index in [1.807, 2.05) is 18.2 Å². The molecule has 0 radical (unpaired) electrons. The van der Waals surface area contributed by atoms with E-state index in [-0.39, 0.29) is 17.9 Å². The molecule has 1 aliphatic carbocycles. The molecular weight excluding hydrogens is 300 g/mol. The quantitative estimate of drug-likeness (QED) is 0.808. The molecule has 1 aliphatic rings. The summed E-state index contributed by atoms with van der Waals surface area (Å²) in [5.41, 5.74) is 2.94. The number of hydrogen-bond donors (Lipinski definition) is 2. The van der Waals surface area contributed by atoms with Crippen LogP contribution in [0.15, 0.2) is 18.2 Å². The normalized spacial score (nSPS) is 15.6. The van der Waals surface area contributed by atoms with Gasteiger partial charge in [0, 0.05) is 11.7 Å². The standard InChI is InChI=1S/C20H30N2O2/c1-13(2)16-11-8-12-17(14(3)4)18(16)22-20(24)19(23)21-15-9-6-5-7-10-15/h8,11-15H,5-7,9-10H2,1-4H3,(H,21,23)(H,22,24). The highest BCUT2D eigenvalue weighted by molar-refractivity contribution is 6.39. The Morgan fingerprint density at radius 1 is 0.917 bits per heavy atom. The van der Waals surface area contributed by atoms with Crippen LogP contribution in [-0.2, 0) is 9.59 Å². The summed E-state index contributed by atoms with van der Waals surface area (Å²) >= 11 is 0. The molecule has 1 saturated carbocycles. The maximum atomic E-state index is 12.4. The number of amides is 2. The van der Waals surface area contributed by atoms with Gasteiger partial charge >= 0.3 is 11.8 Å². The minimum atomic E-state index is -0.560. The van der Waals surface area contributed by atoms with Crippen LogP contribution in [0.5, 0.6) is 0 Å². The number of nitrogens with one attached hydrogen (secondary N) is 2. The molecule has 1 aromatic rings. The lowest BCUT2D eigenvalue weighted by atomic mass is 9.92. The van der Waals surface area contributed by atoms with Gasteiger partial charge in [0.1, 0.15) is 0 Å². The van der Waals surface area contributed by atoms with Crippen molar-refractivity contribution >= 4 is 17.5 Å². The molecule has 0 aromatic heterocycles. The van der Waals surface area contributed by atoms with E-state index < -0.39 is 11.8 Å². The van der Waals surface area contributed by atoms with Crippen molar-refractivity contribution in [2.45, 2.75) is 77.7 Å². The molecule has 2 amide bonds. The van der Waals surface area contributed by atoms with Crippen LogP contribution in [0.2, 0.25) is 0 Å². The first kappa shape index (κ1) is 18.5. The van der Waals surface area contributed by atoms with E-state index >= 15 is 0 Å². The van der Waals surface area contributed by atoms with E-state index in [1.165, 1.54) is 6.42 Å². The van der Waals surface area contributed by atoms with Crippen molar-refractivity contribution in [2.24, 2.45) is 0 Å². The molecule has 24 heavy (non-hydrogen) atoms. The number of para-hydroxylation sites is 1. The summed E-state index contributed by atoms with van der Waals surface area (Å²) in [6.45, 7) is 8.38. The van der Waals surface area contributed by atoms with Crippen LogP contribution in [0.25, 0.3) is 0 Å². The molecule has 1 fully saturated rings. The lowest BCUT2D eigenvalue weighted by molar-refractivity contribution is -0.136. The molecule has 0 bridgehead atoms. The van der Waals surface area contributed by atoms with E-state index in [2.05, 4.69) is 38.3 Å². The fourth-order valence-corrected chi connectivity index (χ4v) is 3.36. The molecule has 2 N–H and O–H groups in total. The van der Waals surface area contributed by atoms with Crippen LogP contribution in [0.3, 0.4) is 0 Å². The van der Waals surface area contributed by atoms with E-state index in [9.17, 15) is 9.59 Å². The number of anilines is 1. The van der Waals surface area contributed by atoms with Gasteiger partial charge in [-0.05, 0) is 35.8 Å². The molecule has 1 aromatic carbocycles. The highest BCUT2D eigenvalue weighted by Gasteiger charge is 2.23. The Labute approximate surface area is 145 Å². The Balaban J connectivity index is 2.13. The van der Waals surface area contributed by atoms with Gasteiger partial charge in [-0.1, -0.05) is 65.2 Å². The number of hydrogen-bond acceptors (Lipinski definition) is 2. The van der Waals surface area contributed by atoms with Crippen molar-refractivity contribution in [3.63, 3.8) is 0 Å². The lowest BCUT2D eigenvalue weighted by Gasteiger charge is -2.23. The van der Waals surface area contributed by atoms with E-state index in [4.69, 9.17) is 0 Å². The molecule has 0 aliphatic heterocycles. The summed E-state index contributed by atoms with van der Waals surface area (Å²) in [5.74, 6) is -0.522. The van der Waals surface area contributed by atoms with Gasteiger partial charge in [-0.25, -0.2) is 0 Å². The summed E-state index contributed by atoms with van der Waals surface area (Å²) in [6, 6.07) is 6.20. The highest BCUT2D eigenvalue weighted by Crippen LogP contribution is 2.32. The van der Waals surface area contributed by atoms with Crippen LogP contribution in [0.4, 0.5) is 5.69 Å². The minimum Gasteiger partial charge on any atom is -0.345 e. The van der Waals surface area contributed by atoms with Gasteiger partial charge < -0.3 is 10.6 Å². The van der Waals surface area contributed by atoms with Gasteiger partial charge in [0.25, 0.3) is 0 Å². The summed E-state index contributed by atoms with van der Waals surface area (Å²) in [6.07, 6.45) is 5.41. The molecular formula is C20H30N2O2. The summed E-state index contributed by atoms with van der Waals surface area (Å²) < 4.78 is 0. The molecule has 0 unspecified atom stereocenters. The second-order valence-electron chi connectivity index (χ2n) is 7.38. The van der Waals surface area contributed by atoms with E-state index in [0.717, 1.165) is 42.5 Å². The van der Waals surface area contributed by atoms with Gasteiger partial charge in [-0.3, -0.25) is 9.59 Å². The van der Waals surface area contributed by atoms with Gasteiger partial charge in [0.2, 0.25) is 0 Å². The fourth-order valence-electron chi connectivity index (χ4n) is 3.36. The third-order valence-corrected chi connectivity index (χ3v) is 4.76. The number of rotatable bonds is 4. The lowest BCUT2D eigenvalue weighted by Crippen LogP contribution is -2.42. The molecule has 0 heterocycles. The van der Waals surface area contributed by atoms with Crippen LogP contribution in [0, 0.1) is 0 Å². The summed E-state index contributed by atoms with van der Waals surface area (Å²) in [7, 11) is 0. The van der Waals surface area contributed by atoms with Gasteiger partial charge in [0.15, 0.2) is 0 Å². The second-order valence-corrected chi connectivity index (χ2v) is 7.38. The fraction of sp³-hybridized carbons (Fsp3) is 0.600. The van der Waals surface area contributed by atoms with Gasteiger partial charge in [0.05, 0.1) is 0 Å². The van der Waals surface area contributed by atoms with Crippen molar-refractivity contribution in [3.8, 4) is 0 Å². The van der Waals surface area contributed by atoms with Crippen molar-refractivity contribution in [1.82, 2.24) is 5.32 Å². The topological polar surface area (TPSA) is 58.2 Å². The Morgan fingerprint density at radius 3 is 1.96 bits per heavy atom. The van der Waals surface area contributed by atoms with Gasteiger partial charge in [-0.15, -0.1) is 0 Å². The predicted molar refractivity (Wildman–Crippen MR) is 98.3 cm³/mol. The van der Waals surface area contributed by atoms with E-state index in [1.54, 1.807) is 0 Å². The first-order valence-electron chi connectivity index (χ1n) is 9.14. The zero-order valence-electron chi connectivity index (χ0n) is 15.3. The molecule has 0 saturated heterocycles. The molecule has 4 heteroatoms. The maximum absolute atomic E-state index is 12.4. The average molecular weight is 330 g/mol. The monoisotopic (exact) mass is 330 g/mol. The summed E-state index contributed by atoms with van der Waals surface area (Å²) in [4.78, 5) is 24.7. The molecule has 2 rings (SSSR count). The molecule has 0 spiro atoms. The van der Waals surface area contributed by atoms with Crippen molar-refractivity contribution in [3.05, 3.63) is 29.3 Å². The van der Waals surface area contributed by atoms with Gasteiger partial charge in [-0.2, -0.15) is 0 Å². The molecule has 0 atom stereocenters. The van der Waals surface area contributed by atoms with Crippen LogP contribution in [0.1, 0.15) is 82.8 Å². The first-order chi connectivity index (χ1) is 11.4. The number of benzene rings is 1. The third-order valence-electron chi connectivity index (χ3n) is 4.76. The van der Waals surface area contributed by atoms with Crippen LogP contribution >= 0.6 is 0 Å². The Hall–Kier alpha value is -1.84. The smallest absolute Gasteiger partial charge is 0.313 e. The largest absolute Gasteiger partial charge is 0.345 e. The van der Waals surface area contributed by atoms with E-state index in [0.29, 0.717) is 0 Å². The Morgan fingerprint density at radius 2 is 1.46 bits per heavy atom.